The Labute approximate surface area is 190 Å². The van der Waals surface area contributed by atoms with Gasteiger partial charge < -0.3 is 4.42 Å². The number of hydrogen-bond donors (Lipinski definition) is 0. The van der Waals surface area contributed by atoms with Crippen LogP contribution < -0.4 is 0 Å². The van der Waals surface area contributed by atoms with Crippen molar-refractivity contribution in [1.82, 2.24) is 9.97 Å². The molecule has 0 amide bonds. The molecule has 32 heavy (non-hydrogen) atoms. The van der Waals surface area contributed by atoms with E-state index in [0.29, 0.717) is 0 Å². The second kappa shape index (κ2) is 7.01. The smallest absolute Gasteiger partial charge is 0.134 e. The Morgan fingerprint density at radius 3 is 2.53 bits per heavy atom. The summed E-state index contributed by atoms with van der Waals surface area (Å²) >= 11 is 1.69. The fourth-order valence-corrected chi connectivity index (χ4v) is 5.40. The zero-order valence-electron chi connectivity index (χ0n) is 18.2. The van der Waals surface area contributed by atoms with Gasteiger partial charge in [-0.3, -0.25) is 0 Å². The summed E-state index contributed by atoms with van der Waals surface area (Å²) in [5.74, 6) is 0. The Kier molecular flexibility index (Phi) is 4.21. The van der Waals surface area contributed by atoms with Crippen molar-refractivity contribution in [3.8, 4) is 21.7 Å². The molecule has 0 unspecified atom stereocenters. The minimum atomic E-state index is 0.0278. The van der Waals surface area contributed by atoms with Crippen LogP contribution in [0.2, 0.25) is 0 Å². The van der Waals surface area contributed by atoms with Crippen LogP contribution in [0.5, 0.6) is 0 Å². The van der Waals surface area contributed by atoms with E-state index in [1.165, 1.54) is 16.3 Å². The van der Waals surface area contributed by atoms with E-state index in [1.54, 1.807) is 23.9 Å². The summed E-state index contributed by atoms with van der Waals surface area (Å²) in [5.41, 5.74) is 5.50. The van der Waals surface area contributed by atoms with Crippen LogP contribution in [-0.4, -0.2) is 9.97 Å². The van der Waals surface area contributed by atoms with Crippen molar-refractivity contribution in [2.24, 2.45) is 0 Å². The highest BCUT2D eigenvalue weighted by Gasteiger charge is 2.20. The summed E-state index contributed by atoms with van der Waals surface area (Å²) in [5, 5.41) is 4.73. The third kappa shape index (κ3) is 3.10. The van der Waals surface area contributed by atoms with Gasteiger partial charge in [0, 0.05) is 21.2 Å². The third-order valence-corrected chi connectivity index (χ3v) is 7.11. The predicted molar refractivity (Wildman–Crippen MR) is 134 cm³/mol. The molecule has 3 aromatic heterocycles. The lowest BCUT2D eigenvalue weighted by atomic mass is 9.82. The van der Waals surface area contributed by atoms with Crippen molar-refractivity contribution in [3.05, 3.63) is 84.9 Å². The summed E-state index contributed by atoms with van der Waals surface area (Å²) in [6, 6.07) is 23.7. The van der Waals surface area contributed by atoms with Gasteiger partial charge in [-0.25, -0.2) is 9.97 Å². The van der Waals surface area contributed by atoms with E-state index in [0.717, 1.165) is 42.9 Å². The Hall–Kier alpha value is -3.50. The molecule has 0 N–H and O–H groups in total. The second-order valence-electron chi connectivity index (χ2n) is 9.22. The maximum Gasteiger partial charge on any atom is 0.134 e. The lowest BCUT2D eigenvalue weighted by molar-refractivity contribution is 0.596. The van der Waals surface area contributed by atoms with Gasteiger partial charge in [0.05, 0.1) is 12.0 Å². The summed E-state index contributed by atoms with van der Waals surface area (Å²) in [4.78, 5) is 11.5. The van der Waals surface area contributed by atoms with Crippen LogP contribution in [-0.2, 0) is 5.41 Å². The molecule has 0 spiro atoms. The molecule has 0 radical (unpaired) electrons. The molecule has 0 aliphatic heterocycles. The molecule has 3 nitrogen and oxygen atoms in total. The van der Waals surface area contributed by atoms with Gasteiger partial charge in [-0.05, 0) is 57.6 Å². The van der Waals surface area contributed by atoms with Gasteiger partial charge in [-0.1, -0.05) is 57.2 Å². The first-order valence-electron chi connectivity index (χ1n) is 10.7. The molecule has 6 rings (SSSR count). The SMILES string of the molecule is CC(C)(C)c1cc(-c2ncnc3sc(-c4ccc5ccoc5c4)cc23)cc2ccccc12. The standard InChI is InChI=1S/C28H22N2OS/c1-28(2,3)23-13-20(12-18-6-4-5-7-21(18)23)26-22-15-25(32-27(22)30-16-29-26)19-9-8-17-10-11-31-24(17)14-19/h4-16H,1-3H3. The maximum atomic E-state index is 5.61. The maximum absolute atomic E-state index is 5.61. The molecular weight excluding hydrogens is 412 g/mol. The molecular formula is C28H22N2OS. The second-order valence-corrected chi connectivity index (χ2v) is 10.3. The van der Waals surface area contributed by atoms with E-state index in [-0.39, 0.29) is 5.41 Å². The van der Waals surface area contributed by atoms with E-state index in [4.69, 9.17) is 9.40 Å². The number of hydrogen-bond acceptors (Lipinski definition) is 4. The van der Waals surface area contributed by atoms with Crippen LogP contribution in [0.15, 0.2) is 83.7 Å². The lowest BCUT2D eigenvalue weighted by Gasteiger charge is -2.22. The van der Waals surface area contributed by atoms with Crippen LogP contribution in [0.25, 0.3) is 53.7 Å². The summed E-state index contributed by atoms with van der Waals surface area (Å²) in [7, 11) is 0. The topological polar surface area (TPSA) is 38.9 Å². The summed E-state index contributed by atoms with van der Waals surface area (Å²) in [6.45, 7) is 6.80. The first-order valence-corrected chi connectivity index (χ1v) is 11.5. The fourth-order valence-electron chi connectivity index (χ4n) is 4.40. The Morgan fingerprint density at radius 2 is 1.66 bits per heavy atom. The van der Waals surface area contributed by atoms with Crippen LogP contribution >= 0.6 is 11.3 Å². The van der Waals surface area contributed by atoms with E-state index >= 15 is 0 Å². The minimum Gasteiger partial charge on any atom is -0.464 e. The summed E-state index contributed by atoms with van der Waals surface area (Å²) in [6.07, 6.45) is 3.41. The molecule has 156 valence electrons. The lowest BCUT2D eigenvalue weighted by Crippen LogP contribution is -2.12. The Balaban J connectivity index is 1.56. The molecule has 0 saturated heterocycles. The van der Waals surface area contributed by atoms with Gasteiger partial charge in [0.25, 0.3) is 0 Å². The van der Waals surface area contributed by atoms with Crippen molar-refractivity contribution >= 4 is 43.3 Å². The molecule has 0 atom stereocenters. The molecule has 0 aliphatic rings. The van der Waals surface area contributed by atoms with Crippen molar-refractivity contribution in [2.45, 2.75) is 26.2 Å². The van der Waals surface area contributed by atoms with Crippen molar-refractivity contribution in [3.63, 3.8) is 0 Å². The average molecular weight is 435 g/mol. The molecule has 0 aliphatic carbocycles. The predicted octanol–water partition coefficient (Wildman–Crippen LogP) is 8.22. The summed E-state index contributed by atoms with van der Waals surface area (Å²) < 4.78 is 5.61. The number of nitrogens with zero attached hydrogens (tertiary/aromatic N) is 2. The molecule has 6 aromatic rings. The first-order chi connectivity index (χ1) is 15.5. The van der Waals surface area contributed by atoms with Gasteiger partial charge >= 0.3 is 0 Å². The van der Waals surface area contributed by atoms with E-state index < -0.39 is 0 Å². The zero-order chi connectivity index (χ0) is 21.9. The van der Waals surface area contributed by atoms with Crippen molar-refractivity contribution in [1.29, 1.82) is 0 Å². The van der Waals surface area contributed by atoms with Crippen molar-refractivity contribution in [2.75, 3.05) is 0 Å². The van der Waals surface area contributed by atoms with Gasteiger partial charge in [0.15, 0.2) is 0 Å². The highest BCUT2D eigenvalue weighted by atomic mass is 32.1. The van der Waals surface area contributed by atoms with Gasteiger partial charge in [0.2, 0.25) is 0 Å². The van der Waals surface area contributed by atoms with Crippen LogP contribution in [0.3, 0.4) is 0 Å². The molecule has 0 fully saturated rings. The molecule has 4 heteroatoms. The molecule has 0 bridgehead atoms. The molecule has 3 aromatic carbocycles. The number of rotatable bonds is 2. The van der Waals surface area contributed by atoms with Gasteiger partial charge in [-0.2, -0.15) is 0 Å². The van der Waals surface area contributed by atoms with E-state index in [2.05, 4.69) is 86.4 Å². The number of aromatic nitrogens is 2. The minimum absolute atomic E-state index is 0.0278. The monoisotopic (exact) mass is 434 g/mol. The van der Waals surface area contributed by atoms with Gasteiger partial charge in [-0.15, -0.1) is 11.3 Å². The fraction of sp³-hybridized carbons (Fsp3) is 0.143. The highest BCUT2D eigenvalue weighted by molar-refractivity contribution is 7.21. The van der Waals surface area contributed by atoms with E-state index in [1.807, 2.05) is 6.07 Å². The number of thiophene rings is 1. The average Bonchev–Trinajstić information content (AvgIpc) is 3.43. The quantitative estimate of drug-likeness (QED) is 0.275. The Bertz CT molecular complexity index is 1620. The first kappa shape index (κ1) is 19.2. The number of furan rings is 1. The molecule has 3 heterocycles. The zero-order valence-corrected chi connectivity index (χ0v) is 19.0. The van der Waals surface area contributed by atoms with Crippen LogP contribution in [0, 0.1) is 0 Å². The van der Waals surface area contributed by atoms with Crippen LogP contribution in [0.1, 0.15) is 26.3 Å². The number of benzene rings is 3. The van der Waals surface area contributed by atoms with Crippen molar-refractivity contribution < 1.29 is 4.42 Å². The highest BCUT2D eigenvalue weighted by Crippen LogP contribution is 2.40. The largest absolute Gasteiger partial charge is 0.464 e. The van der Waals surface area contributed by atoms with Crippen LogP contribution in [0.4, 0.5) is 0 Å². The molecule has 0 saturated carbocycles. The van der Waals surface area contributed by atoms with Gasteiger partial charge in [0.1, 0.15) is 16.7 Å². The van der Waals surface area contributed by atoms with E-state index in [9.17, 15) is 0 Å². The normalized spacial score (nSPS) is 12.2. The number of fused-ring (bicyclic) bond motifs is 3. The third-order valence-electron chi connectivity index (χ3n) is 6.01. The Morgan fingerprint density at radius 1 is 0.781 bits per heavy atom.